The lowest BCUT2D eigenvalue weighted by Crippen LogP contribution is -2.46. The van der Waals surface area contributed by atoms with Crippen molar-refractivity contribution in [3.05, 3.63) is 0 Å². The van der Waals surface area contributed by atoms with Crippen molar-refractivity contribution in [3.8, 4) is 0 Å². The molecule has 3 rings (SSSR count). The van der Waals surface area contributed by atoms with Crippen LogP contribution in [0.5, 0.6) is 0 Å². The fraction of sp³-hybridized carbons (Fsp3) is 0.929. The van der Waals surface area contributed by atoms with Crippen LogP contribution in [-0.2, 0) is 9.47 Å². The summed E-state index contributed by atoms with van der Waals surface area (Å²) in [6.07, 6.45) is 7.38. The van der Waals surface area contributed by atoms with Gasteiger partial charge in [0.2, 0.25) is 0 Å². The molecule has 0 aromatic heterocycles. The first kappa shape index (κ1) is 13.2. The lowest BCUT2D eigenvalue weighted by Gasteiger charge is -2.20. The molecule has 3 atom stereocenters. The van der Waals surface area contributed by atoms with E-state index in [9.17, 15) is 4.79 Å². The van der Waals surface area contributed by atoms with Crippen molar-refractivity contribution in [1.82, 2.24) is 10.6 Å². The Kier molecular flexibility index (Phi) is 4.23. The summed E-state index contributed by atoms with van der Waals surface area (Å²) in [4.78, 5) is 11.7. The van der Waals surface area contributed by atoms with E-state index >= 15 is 0 Å². The average molecular weight is 268 g/mol. The van der Waals surface area contributed by atoms with Crippen LogP contribution in [0.15, 0.2) is 0 Å². The van der Waals surface area contributed by atoms with E-state index < -0.39 is 0 Å². The predicted molar refractivity (Wildman–Crippen MR) is 71.0 cm³/mol. The van der Waals surface area contributed by atoms with Crippen LogP contribution in [0.4, 0.5) is 4.79 Å². The Morgan fingerprint density at radius 3 is 2.84 bits per heavy atom. The first-order chi connectivity index (χ1) is 9.31. The van der Waals surface area contributed by atoms with Gasteiger partial charge in [-0.25, -0.2) is 4.79 Å². The van der Waals surface area contributed by atoms with Gasteiger partial charge in [0, 0.05) is 19.8 Å². The molecule has 108 valence electrons. The topological polar surface area (TPSA) is 59.6 Å². The number of urea groups is 1. The maximum atomic E-state index is 11.7. The van der Waals surface area contributed by atoms with Crippen LogP contribution in [0, 0.1) is 5.92 Å². The van der Waals surface area contributed by atoms with Gasteiger partial charge in [-0.05, 0) is 44.4 Å². The van der Waals surface area contributed by atoms with Gasteiger partial charge in [-0.3, -0.25) is 0 Å². The van der Waals surface area contributed by atoms with Gasteiger partial charge in [-0.15, -0.1) is 0 Å². The maximum Gasteiger partial charge on any atom is 0.315 e. The molecule has 3 aliphatic rings. The highest BCUT2D eigenvalue weighted by atomic mass is 16.5. The second kappa shape index (κ2) is 6.09. The molecule has 0 spiro atoms. The number of nitrogens with one attached hydrogen (secondary N) is 2. The van der Waals surface area contributed by atoms with Gasteiger partial charge in [0.1, 0.15) is 0 Å². The zero-order valence-electron chi connectivity index (χ0n) is 11.4. The Bertz CT molecular complexity index is 320. The van der Waals surface area contributed by atoms with Crippen molar-refractivity contribution in [1.29, 1.82) is 0 Å². The predicted octanol–water partition coefficient (Wildman–Crippen LogP) is 1.42. The molecule has 0 radical (unpaired) electrons. The molecule has 0 aromatic carbocycles. The highest BCUT2D eigenvalue weighted by Gasteiger charge is 2.41. The van der Waals surface area contributed by atoms with Gasteiger partial charge >= 0.3 is 6.03 Å². The molecular weight excluding hydrogens is 244 g/mol. The van der Waals surface area contributed by atoms with Gasteiger partial charge in [0.05, 0.1) is 18.2 Å². The van der Waals surface area contributed by atoms with E-state index in [0.717, 1.165) is 44.8 Å². The molecule has 0 aromatic rings. The summed E-state index contributed by atoms with van der Waals surface area (Å²) in [7, 11) is 0. The SMILES string of the molecule is O=C(NCCCOCC1CC1)N[C@@H]1C[C@H]2CC[C@H]1O2. The fourth-order valence-electron chi connectivity index (χ4n) is 2.92. The first-order valence-electron chi connectivity index (χ1n) is 7.59. The third-order valence-corrected chi connectivity index (χ3v) is 4.22. The Morgan fingerprint density at radius 2 is 2.16 bits per heavy atom. The smallest absolute Gasteiger partial charge is 0.315 e. The monoisotopic (exact) mass is 268 g/mol. The normalized spacial score (nSPS) is 32.5. The molecule has 2 bridgehead atoms. The minimum atomic E-state index is -0.0663. The number of hydrogen-bond acceptors (Lipinski definition) is 3. The minimum absolute atomic E-state index is 0.0663. The highest BCUT2D eigenvalue weighted by Crippen LogP contribution is 2.34. The summed E-state index contributed by atoms with van der Waals surface area (Å²) in [6, 6.07) is 0.146. The summed E-state index contributed by atoms with van der Waals surface area (Å²) in [5.74, 6) is 0.814. The molecule has 1 aliphatic carbocycles. The van der Waals surface area contributed by atoms with Crippen molar-refractivity contribution >= 4 is 6.03 Å². The van der Waals surface area contributed by atoms with Crippen LogP contribution < -0.4 is 10.6 Å². The van der Waals surface area contributed by atoms with E-state index in [0.29, 0.717) is 12.6 Å². The number of hydrogen-bond donors (Lipinski definition) is 2. The molecule has 2 heterocycles. The Balaban J connectivity index is 1.21. The molecule has 2 amide bonds. The number of carbonyl (C=O) groups is 1. The zero-order chi connectivity index (χ0) is 13.1. The molecular formula is C14H24N2O3. The first-order valence-corrected chi connectivity index (χ1v) is 7.59. The lowest BCUT2D eigenvalue weighted by molar-refractivity contribution is 0.0980. The van der Waals surface area contributed by atoms with Crippen LogP contribution in [0.25, 0.3) is 0 Å². The molecule has 1 saturated carbocycles. The molecule has 5 heteroatoms. The van der Waals surface area contributed by atoms with E-state index in [1.165, 1.54) is 12.8 Å². The molecule has 5 nitrogen and oxygen atoms in total. The number of rotatable bonds is 7. The zero-order valence-corrected chi connectivity index (χ0v) is 11.4. The van der Waals surface area contributed by atoms with Crippen molar-refractivity contribution in [2.24, 2.45) is 5.92 Å². The van der Waals surface area contributed by atoms with Gasteiger partial charge in [-0.1, -0.05) is 0 Å². The van der Waals surface area contributed by atoms with Crippen LogP contribution >= 0.6 is 0 Å². The van der Waals surface area contributed by atoms with Crippen LogP contribution in [0.1, 0.15) is 38.5 Å². The van der Waals surface area contributed by atoms with E-state index in [2.05, 4.69) is 10.6 Å². The van der Waals surface area contributed by atoms with Crippen LogP contribution in [-0.4, -0.2) is 44.0 Å². The second-order valence-corrected chi connectivity index (χ2v) is 5.99. The Hall–Kier alpha value is -0.810. The Morgan fingerprint density at radius 1 is 1.26 bits per heavy atom. The Labute approximate surface area is 114 Å². The average Bonchev–Trinajstić information content (AvgIpc) is 2.99. The summed E-state index contributed by atoms with van der Waals surface area (Å²) >= 11 is 0. The minimum Gasteiger partial charge on any atom is -0.381 e. The van der Waals surface area contributed by atoms with Gasteiger partial charge in [-0.2, -0.15) is 0 Å². The summed E-state index contributed by atoms with van der Waals surface area (Å²) in [5, 5.41) is 5.90. The van der Waals surface area contributed by atoms with E-state index in [-0.39, 0.29) is 18.2 Å². The van der Waals surface area contributed by atoms with E-state index in [1.807, 2.05) is 0 Å². The quantitative estimate of drug-likeness (QED) is 0.687. The van der Waals surface area contributed by atoms with Crippen molar-refractivity contribution in [2.75, 3.05) is 19.8 Å². The molecule has 19 heavy (non-hydrogen) atoms. The van der Waals surface area contributed by atoms with E-state index in [1.54, 1.807) is 0 Å². The molecule has 2 aliphatic heterocycles. The standard InChI is InChI=1S/C14H24N2O3/c17-14(15-6-1-7-18-9-10-2-3-10)16-12-8-11-4-5-13(12)19-11/h10-13H,1-9H2,(H2,15,16,17)/t11-,12-,13-/m1/s1. The van der Waals surface area contributed by atoms with Crippen molar-refractivity contribution in [3.63, 3.8) is 0 Å². The van der Waals surface area contributed by atoms with Crippen molar-refractivity contribution in [2.45, 2.75) is 56.8 Å². The van der Waals surface area contributed by atoms with E-state index in [4.69, 9.17) is 9.47 Å². The maximum absolute atomic E-state index is 11.7. The molecule has 3 fully saturated rings. The molecule has 2 saturated heterocycles. The number of ether oxygens (including phenoxy) is 2. The number of fused-ring (bicyclic) bond motifs is 2. The summed E-state index contributed by atoms with van der Waals surface area (Å²) in [6.45, 7) is 2.32. The summed E-state index contributed by atoms with van der Waals surface area (Å²) < 4.78 is 11.2. The number of amides is 2. The fourth-order valence-corrected chi connectivity index (χ4v) is 2.92. The highest BCUT2D eigenvalue weighted by molar-refractivity contribution is 5.74. The molecule has 2 N–H and O–H groups in total. The largest absolute Gasteiger partial charge is 0.381 e. The lowest BCUT2D eigenvalue weighted by atomic mass is 9.96. The van der Waals surface area contributed by atoms with Crippen LogP contribution in [0.2, 0.25) is 0 Å². The third kappa shape index (κ3) is 3.83. The van der Waals surface area contributed by atoms with Crippen LogP contribution in [0.3, 0.4) is 0 Å². The third-order valence-electron chi connectivity index (χ3n) is 4.22. The van der Waals surface area contributed by atoms with Gasteiger partial charge in [0.25, 0.3) is 0 Å². The number of carbonyl (C=O) groups excluding carboxylic acids is 1. The van der Waals surface area contributed by atoms with Gasteiger partial charge < -0.3 is 20.1 Å². The molecule has 0 unspecified atom stereocenters. The van der Waals surface area contributed by atoms with Gasteiger partial charge in [0.15, 0.2) is 0 Å². The summed E-state index contributed by atoms with van der Waals surface area (Å²) in [5.41, 5.74) is 0. The van der Waals surface area contributed by atoms with Crippen molar-refractivity contribution < 1.29 is 14.3 Å². The second-order valence-electron chi connectivity index (χ2n) is 5.99.